The number of rotatable bonds is 13. The summed E-state index contributed by atoms with van der Waals surface area (Å²) in [6, 6.07) is 7.64. The number of carbonyl (C=O) groups is 2. The van der Waals surface area contributed by atoms with Crippen LogP contribution in [0.2, 0.25) is 0 Å². The Morgan fingerprint density at radius 1 is 0.867 bits per heavy atom. The van der Waals surface area contributed by atoms with E-state index >= 15 is 0 Å². The second-order valence-corrected chi connectivity index (χ2v) is 9.04. The summed E-state index contributed by atoms with van der Waals surface area (Å²) >= 11 is 0. The molecule has 0 radical (unpaired) electrons. The topological polar surface area (TPSA) is 61.8 Å². The molecule has 1 aromatic rings. The van der Waals surface area contributed by atoms with Crippen molar-refractivity contribution >= 4 is 12.1 Å². The summed E-state index contributed by atoms with van der Waals surface area (Å²) in [4.78, 5) is 24.4. The van der Waals surface area contributed by atoms with Gasteiger partial charge in [0.1, 0.15) is 13.2 Å². The molecular formula is C25H40O5. The van der Waals surface area contributed by atoms with Crippen LogP contribution in [0.4, 0.5) is 4.79 Å². The lowest BCUT2D eigenvalue weighted by Gasteiger charge is -2.35. The van der Waals surface area contributed by atoms with E-state index in [1.165, 1.54) is 5.56 Å². The van der Waals surface area contributed by atoms with Gasteiger partial charge in [-0.2, -0.15) is 0 Å². The second kappa shape index (κ2) is 13.3. The maximum absolute atomic E-state index is 12.7. The Kier molecular flexibility index (Phi) is 11.5. The summed E-state index contributed by atoms with van der Waals surface area (Å²) in [5.74, 6) is 0.391. The predicted octanol–water partition coefficient (Wildman–Crippen LogP) is 6.44. The molecule has 0 saturated carbocycles. The summed E-state index contributed by atoms with van der Waals surface area (Å²) in [6.07, 6.45) is 4.19. The minimum absolute atomic E-state index is 0.172. The fraction of sp³-hybridized carbons (Fsp3) is 0.680. The molecule has 30 heavy (non-hydrogen) atoms. The minimum Gasteiger partial charge on any atom is -0.461 e. The van der Waals surface area contributed by atoms with Gasteiger partial charge in [-0.05, 0) is 62.1 Å². The highest BCUT2D eigenvalue weighted by atomic mass is 16.7. The van der Waals surface area contributed by atoms with Crippen LogP contribution in [0.5, 0.6) is 0 Å². The van der Waals surface area contributed by atoms with Crippen LogP contribution in [0.15, 0.2) is 24.3 Å². The highest BCUT2D eigenvalue weighted by Crippen LogP contribution is 2.35. The summed E-state index contributed by atoms with van der Waals surface area (Å²) in [6.45, 7) is 13.0. The minimum atomic E-state index is -0.677. The van der Waals surface area contributed by atoms with Gasteiger partial charge >= 0.3 is 12.1 Å². The maximum Gasteiger partial charge on any atom is 0.508 e. The first kappa shape index (κ1) is 26.0. The van der Waals surface area contributed by atoms with Gasteiger partial charge in [0.15, 0.2) is 0 Å². The van der Waals surface area contributed by atoms with Crippen LogP contribution in [0.3, 0.4) is 0 Å². The highest BCUT2D eigenvalue weighted by Gasteiger charge is 2.35. The molecule has 0 heterocycles. The van der Waals surface area contributed by atoms with Crippen LogP contribution in [-0.4, -0.2) is 31.9 Å². The zero-order valence-electron chi connectivity index (χ0n) is 19.7. The molecular weight excluding hydrogens is 380 g/mol. The lowest BCUT2D eigenvalue weighted by molar-refractivity contribution is -0.0286. The van der Waals surface area contributed by atoms with Gasteiger partial charge in [0, 0.05) is 5.41 Å². The van der Waals surface area contributed by atoms with E-state index in [1.54, 1.807) is 6.92 Å². The van der Waals surface area contributed by atoms with Crippen LogP contribution >= 0.6 is 0 Å². The number of hydrogen-bond acceptors (Lipinski definition) is 5. The number of benzene rings is 1. The quantitative estimate of drug-likeness (QED) is 0.344. The monoisotopic (exact) mass is 420 g/mol. The SMILES string of the molecule is CCCCc1ccc(C(=O)OCC(COC(=O)OCC)(CC(C)C)CC(C)C)cc1. The van der Waals surface area contributed by atoms with Crippen LogP contribution in [0.25, 0.3) is 0 Å². The van der Waals surface area contributed by atoms with Crippen molar-refractivity contribution < 1.29 is 23.8 Å². The highest BCUT2D eigenvalue weighted by molar-refractivity contribution is 5.89. The van der Waals surface area contributed by atoms with E-state index in [0.29, 0.717) is 17.4 Å². The van der Waals surface area contributed by atoms with E-state index in [9.17, 15) is 9.59 Å². The smallest absolute Gasteiger partial charge is 0.461 e. The van der Waals surface area contributed by atoms with Gasteiger partial charge in [-0.1, -0.05) is 53.2 Å². The fourth-order valence-electron chi connectivity index (χ4n) is 3.95. The molecule has 0 N–H and O–H groups in total. The number of carbonyl (C=O) groups excluding carboxylic acids is 2. The van der Waals surface area contributed by atoms with Gasteiger partial charge in [-0.15, -0.1) is 0 Å². The molecule has 0 atom stereocenters. The number of unbranched alkanes of at least 4 members (excludes halogenated alkanes) is 1. The standard InChI is InChI=1S/C25H40O5/c1-7-9-10-21-11-13-22(14-12-21)23(26)29-17-25(15-19(3)4,16-20(5)6)18-30-24(27)28-8-2/h11-14,19-20H,7-10,15-18H2,1-6H3. The molecule has 0 amide bonds. The number of hydrogen-bond donors (Lipinski definition) is 0. The summed E-state index contributed by atoms with van der Waals surface area (Å²) < 4.78 is 16.0. The van der Waals surface area contributed by atoms with Gasteiger partial charge in [0.05, 0.1) is 12.2 Å². The molecule has 0 aliphatic carbocycles. The molecule has 0 spiro atoms. The van der Waals surface area contributed by atoms with Crippen LogP contribution < -0.4 is 0 Å². The van der Waals surface area contributed by atoms with Crippen LogP contribution in [0, 0.1) is 17.3 Å². The van der Waals surface area contributed by atoms with Crippen molar-refractivity contribution in [2.24, 2.45) is 17.3 Å². The third-order valence-electron chi connectivity index (χ3n) is 4.96. The largest absolute Gasteiger partial charge is 0.508 e. The van der Waals surface area contributed by atoms with E-state index in [-0.39, 0.29) is 25.8 Å². The van der Waals surface area contributed by atoms with E-state index in [1.807, 2.05) is 24.3 Å². The van der Waals surface area contributed by atoms with Gasteiger partial charge in [-0.25, -0.2) is 9.59 Å². The normalized spacial score (nSPS) is 11.6. The van der Waals surface area contributed by atoms with E-state index in [4.69, 9.17) is 14.2 Å². The Balaban J connectivity index is 2.87. The predicted molar refractivity (Wildman–Crippen MR) is 120 cm³/mol. The van der Waals surface area contributed by atoms with Crippen molar-refractivity contribution in [2.45, 2.75) is 73.6 Å². The zero-order chi connectivity index (χ0) is 22.6. The van der Waals surface area contributed by atoms with Crippen LogP contribution in [0.1, 0.15) is 83.1 Å². The molecule has 1 aromatic carbocycles. The van der Waals surface area contributed by atoms with Crippen molar-refractivity contribution in [1.82, 2.24) is 0 Å². The molecule has 0 aliphatic rings. The molecule has 0 aliphatic heterocycles. The van der Waals surface area contributed by atoms with Crippen molar-refractivity contribution in [1.29, 1.82) is 0 Å². The summed E-state index contributed by atoms with van der Waals surface area (Å²) in [7, 11) is 0. The molecule has 0 fully saturated rings. The summed E-state index contributed by atoms with van der Waals surface area (Å²) in [5, 5.41) is 0. The lowest BCUT2D eigenvalue weighted by Crippen LogP contribution is -2.37. The third kappa shape index (κ3) is 9.64. The molecule has 0 aromatic heterocycles. The van der Waals surface area contributed by atoms with Gasteiger partial charge in [0.2, 0.25) is 0 Å². The first-order valence-corrected chi connectivity index (χ1v) is 11.3. The Morgan fingerprint density at radius 2 is 1.43 bits per heavy atom. The number of esters is 1. The molecule has 5 heteroatoms. The number of ether oxygens (including phenoxy) is 3. The Morgan fingerprint density at radius 3 is 1.93 bits per heavy atom. The van der Waals surface area contributed by atoms with Gasteiger partial charge < -0.3 is 14.2 Å². The first-order valence-electron chi connectivity index (χ1n) is 11.3. The summed E-state index contributed by atoms with van der Waals surface area (Å²) in [5.41, 5.74) is 1.33. The fourth-order valence-corrected chi connectivity index (χ4v) is 3.95. The van der Waals surface area contributed by atoms with E-state index < -0.39 is 11.6 Å². The molecule has 1 rings (SSSR count). The van der Waals surface area contributed by atoms with Crippen LogP contribution in [-0.2, 0) is 20.6 Å². The van der Waals surface area contributed by atoms with E-state index in [0.717, 1.165) is 32.1 Å². The Hall–Kier alpha value is -2.04. The number of aryl methyl sites for hydroxylation is 1. The van der Waals surface area contributed by atoms with Crippen molar-refractivity contribution in [3.63, 3.8) is 0 Å². The lowest BCUT2D eigenvalue weighted by atomic mass is 9.75. The molecule has 0 saturated heterocycles. The molecule has 0 unspecified atom stereocenters. The molecule has 5 nitrogen and oxygen atoms in total. The van der Waals surface area contributed by atoms with Gasteiger partial charge in [-0.3, -0.25) is 0 Å². The van der Waals surface area contributed by atoms with Crippen molar-refractivity contribution in [3.05, 3.63) is 35.4 Å². The average Bonchev–Trinajstić information content (AvgIpc) is 2.68. The van der Waals surface area contributed by atoms with Crippen molar-refractivity contribution in [2.75, 3.05) is 19.8 Å². The van der Waals surface area contributed by atoms with Crippen molar-refractivity contribution in [3.8, 4) is 0 Å². The Labute approximate surface area is 182 Å². The maximum atomic E-state index is 12.7. The average molecular weight is 421 g/mol. The third-order valence-corrected chi connectivity index (χ3v) is 4.96. The zero-order valence-corrected chi connectivity index (χ0v) is 19.7. The van der Waals surface area contributed by atoms with E-state index in [2.05, 4.69) is 34.6 Å². The molecule has 0 bridgehead atoms. The molecule has 170 valence electrons. The van der Waals surface area contributed by atoms with Gasteiger partial charge in [0.25, 0.3) is 0 Å². The first-order chi connectivity index (χ1) is 14.2. The second-order valence-electron chi connectivity index (χ2n) is 9.04. The Bertz CT molecular complexity index is 623.